The zero-order chi connectivity index (χ0) is 31.1. The monoisotopic (exact) mass is 587 g/mol. The summed E-state index contributed by atoms with van der Waals surface area (Å²) in [6, 6.07) is 14.0. The molecule has 2 aromatic rings. The Balaban J connectivity index is 2.40. The summed E-state index contributed by atoms with van der Waals surface area (Å²) in [7, 11) is 0. The third-order valence-electron chi connectivity index (χ3n) is 8.82. The maximum absolute atomic E-state index is 5.32. The van der Waals surface area contributed by atoms with Gasteiger partial charge in [0.1, 0.15) is 0 Å². The Labute approximate surface area is 267 Å². The molecule has 0 aliphatic carbocycles. The van der Waals surface area contributed by atoms with E-state index >= 15 is 0 Å². The molecule has 0 aliphatic rings. The van der Waals surface area contributed by atoms with Crippen molar-refractivity contribution in [1.82, 2.24) is 0 Å². The average molecular weight is 587 g/mol. The number of nitrogens with zero attached hydrogens (tertiary/aromatic N) is 2. The van der Waals surface area contributed by atoms with Crippen LogP contribution in [-0.2, 0) is 25.7 Å². The Hall–Kier alpha value is -2.22. The largest absolute Gasteiger partial charge is 0.252 e. The van der Waals surface area contributed by atoms with Gasteiger partial charge in [-0.3, -0.25) is 9.98 Å². The first kappa shape index (κ1) is 37.0. The number of benzene rings is 2. The highest BCUT2D eigenvalue weighted by Gasteiger charge is 2.10. The molecule has 0 heterocycles. The molecule has 2 nitrogen and oxygen atoms in total. The second kappa shape index (κ2) is 23.2. The SMILES string of the molecule is CCCCCCC(=Nc1ccc(CCCCC)c(CCCCC)c1)C(C)=Nc1ccc(CCCCC)c(CCCCC)c1. The van der Waals surface area contributed by atoms with Gasteiger partial charge in [0, 0.05) is 0 Å². The van der Waals surface area contributed by atoms with E-state index < -0.39 is 0 Å². The van der Waals surface area contributed by atoms with E-state index in [2.05, 4.69) is 77.9 Å². The van der Waals surface area contributed by atoms with Crippen LogP contribution in [0.3, 0.4) is 0 Å². The van der Waals surface area contributed by atoms with Crippen molar-refractivity contribution in [2.75, 3.05) is 0 Å². The lowest BCUT2D eigenvalue weighted by Gasteiger charge is -2.13. The van der Waals surface area contributed by atoms with Gasteiger partial charge in [-0.2, -0.15) is 0 Å². The number of unbranched alkanes of at least 4 members (excludes halogenated alkanes) is 11. The summed E-state index contributed by atoms with van der Waals surface area (Å²) >= 11 is 0. The molecule has 0 N–H and O–H groups in total. The lowest BCUT2D eigenvalue weighted by atomic mass is 9.96. The highest BCUT2D eigenvalue weighted by atomic mass is 14.8. The topological polar surface area (TPSA) is 24.7 Å². The van der Waals surface area contributed by atoms with E-state index in [1.165, 1.54) is 151 Å². The molecular formula is C41H66N2. The lowest BCUT2D eigenvalue weighted by Crippen LogP contribution is -2.10. The summed E-state index contributed by atoms with van der Waals surface area (Å²) in [5.41, 5.74) is 10.5. The van der Waals surface area contributed by atoms with Crippen molar-refractivity contribution in [1.29, 1.82) is 0 Å². The molecule has 2 rings (SSSR count). The fourth-order valence-electron chi connectivity index (χ4n) is 6.03. The van der Waals surface area contributed by atoms with Gasteiger partial charge in [0.25, 0.3) is 0 Å². The van der Waals surface area contributed by atoms with Crippen molar-refractivity contribution in [3.8, 4) is 0 Å². The van der Waals surface area contributed by atoms with Gasteiger partial charge in [0.15, 0.2) is 0 Å². The summed E-state index contributed by atoms with van der Waals surface area (Å²) in [4.78, 5) is 10.5. The minimum atomic E-state index is 0.997. The maximum atomic E-state index is 5.32. The van der Waals surface area contributed by atoms with E-state index in [0.717, 1.165) is 29.2 Å². The van der Waals surface area contributed by atoms with E-state index in [1.54, 1.807) is 0 Å². The minimum Gasteiger partial charge on any atom is -0.252 e. The van der Waals surface area contributed by atoms with Crippen LogP contribution in [0.2, 0.25) is 0 Å². The van der Waals surface area contributed by atoms with Crippen LogP contribution in [0.5, 0.6) is 0 Å². The second-order valence-corrected chi connectivity index (χ2v) is 12.8. The summed E-state index contributed by atoms with van der Waals surface area (Å²) in [5, 5.41) is 0. The molecule has 0 fully saturated rings. The van der Waals surface area contributed by atoms with E-state index in [4.69, 9.17) is 9.98 Å². The van der Waals surface area contributed by atoms with Crippen molar-refractivity contribution in [3.05, 3.63) is 58.7 Å². The minimum absolute atomic E-state index is 0.997. The molecule has 0 atom stereocenters. The second-order valence-electron chi connectivity index (χ2n) is 12.8. The predicted molar refractivity (Wildman–Crippen MR) is 194 cm³/mol. The zero-order valence-corrected chi connectivity index (χ0v) is 29.2. The summed E-state index contributed by atoms with van der Waals surface area (Å²) in [6.45, 7) is 13.6. The van der Waals surface area contributed by atoms with Crippen LogP contribution < -0.4 is 0 Å². The van der Waals surface area contributed by atoms with Crippen LogP contribution in [0.4, 0.5) is 11.4 Å². The first-order chi connectivity index (χ1) is 21.1. The first-order valence-electron chi connectivity index (χ1n) is 18.4. The maximum Gasteiger partial charge on any atom is 0.0636 e. The summed E-state index contributed by atoms with van der Waals surface area (Å²) < 4.78 is 0. The number of hydrogen-bond donors (Lipinski definition) is 0. The van der Waals surface area contributed by atoms with Gasteiger partial charge >= 0.3 is 0 Å². The van der Waals surface area contributed by atoms with E-state index in [9.17, 15) is 0 Å². The molecule has 2 heteroatoms. The summed E-state index contributed by atoms with van der Waals surface area (Å²) in [6.07, 6.45) is 26.1. The van der Waals surface area contributed by atoms with E-state index in [-0.39, 0.29) is 0 Å². The molecule has 0 amide bonds. The molecule has 0 aromatic heterocycles. The van der Waals surface area contributed by atoms with Crippen LogP contribution >= 0.6 is 0 Å². The van der Waals surface area contributed by atoms with Gasteiger partial charge in [-0.15, -0.1) is 0 Å². The highest BCUT2D eigenvalue weighted by molar-refractivity contribution is 6.42. The van der Waals surface area contributed by atoms with Crippen LogP contribution in [0.15, 0.2) is 46.4 Å². The van der Waals surface area contributed by atoms with Crippen molar-refractivity contribution < 1.29 is 0 Å². The fourth-order valence-corrected chi connectivity index (χ4v) is 6.03. The standard InChI is InChI=1S/C41H66N2/c1-7-12-17-22-27-41(43-40-31-29-36(24-19-14-9-3)38(33-40)26-21-16-11-5)34(6)42-39-30-28-35(23-18-13-8-2)37(32-39)25-20-15-10-4/h28-33H,7-27H2,1-6H3. The zero-order valence-electron chi connectivity index (χ0n) is 29.2. The Bertz CT molecular complexity index is 1080. The van der Waals surface area contributed by atoms with Gasteiger partial charge in [-0.25, -0.2) is 0 Å². The Morgan fingerprint density at radius 2 is 0.837 bits per heavy atom. The van der Waals surface area contributed by atoms with Gasteiger partial charge in [-0.1, -0.05) is 117 Å². The van der Waals surface area contributed by atoms with Gasteiger partial charge in [0.2, 0.25) is 0 Å². The predicted octanol–water partition coefficient (Wildman–Crippen LogP) is 13.5. The van der Waals surface area contributed by atoms with Crippen molar-refractivity contribution in [3.63, 3.8) is 0 Å². The van der Waals surface area contributed by atoms with Crippen LogP contribution in [0, 0.1) is 0 Å². The van der Waals surface area contributed by atoms with Crippen molar-refractivity contribution >= 4 is 22.8 Å². The van der Waals surface area contributed by atoms with Crippen LogP contribution in [0.1, 0.15) is 173 Å². The molecule has 0 radical (unpaired) electrons. The number of hydrogen-bond acceptors (Lipinski definition) is 2. The van der Waals surface area contributed by atoms with E-state index in [1.807, 2.05) is 0 Å². The van der Waals surface area contributed by atoms with Crippen molar-refractivity contribution in [2.24, 2.45) is 9.98 Å². The molecule has 0 aliphatic heterocycles. The molecule has 0 unspecified atom stereocenters. The number of aryl methyl sites for hydroxylation is 4. The Morgan fingerprint density at radius 1 is 0.442 bits per heavy atom. The molecule has 0 bridgehead atoms. The number of aliphatic imine (C=N–C) groups is 2. The Kier molecular flexibility index (Phi) is 19.9. The smallest absolute Gasteiger partial charge is 0.0636 e. The first-order valence-corrected chi connectivity index (χ1v) is 18.4. The van der Waals surface area contributed by atoms with Gasteiger partial charge in [0.05, 0.1) is 22.8 Å². The molecule has 0 spiro atoms. The van der Waals surface area contributed by atoms with Crippen LogP contribution in [0.25, 0.3) is 0 Å². The average Bonchev–Trinajstić information content (AvgIpc) is 3.01. The Morgan fingerprint density at radius 3 is 1.28 bits per heavy atom. The molecule has 43 heavy (non-hydrogen) atoms. The molecule has 0 saturated carbocycles. The fraction of sp³-hybridized carbons (Fsp3) is 0.659. The normalized spacial score (nSPS) is 12.3. The lowest BCUT2D eigenvalue weighted by molar-refractivity contribution is 0.684. The van der Waals surface area contributed by atoms with Crippen molar-refractivity contribution in [2.45, 2.75) is 176 Å². The third-order valence-corrected chi connectivity index (χ3v) is 8.82. The molecule has 0 saturated heterocycles. The van der Waals surface area contributed by atoms with Crippen LogP contribution in [-0.4, -0.2) is 11.4 Å². The molecular weight excluding hydrogens is 520 g/mol. The van der Waals surface area contributed by atoms with Gasteiger partial charge < -0.3 is 0 Å². The van der Waals surface area contributed by atoms with Gasteiger partial charge in [-0.05, 0) is 118 Å². The quantitative estimate of drug-likeness (QED) is 0.0863. The highest BCUT2D eigenvalue weighted by Crippen LogP contribution is 2.26. The number of rotatable bonds is 24. The summed E-state index contributed by atoms with van der Waals surface area (Å²) in [5.74, 6) is 0. The molecule has 2 aromatic carbocycles. The van der Waals surface area contributed by atoms with E-state index in [0.29, 0.717) is 0 Å². The third kappa shape index (κ3) is 14.9. The molecule has 240 valence electrons.